The zero-order valence-corrected chi connectivity index (χ0v) is 10.7. The van der Waals surface area contributed by atoms with Crippen LogP contribution in [0.4, 0.5) is 5.69 Å². The summed E-state index contributed by atoms with van der Waals surface area (Å²) in [5.74, 6) is 0.851. The molecule has 0 aliphatic carbocycles. The van der Waals surface area contributed by atoms with E-state index in [0.29, 0.717) is 17.9 Å². The Kier molecular flexibility index (Phi) is 4.82. The van der Waals surface area contributed by atoms with E-state index in [1.807, 2.05) is 18.2 Å². The number of hydrogen-bond donors (Lipinski definition) is 1. The zero-order chi connectivity index (χ0) is 12.8. The van der Waals surface area contributed by atoms with Crippen molar-refractivity contribution in [3.05, 3.63) is 23.8 Å². The van der Waals surface area contributed by atoms with Gasteiger partial charge in [0.1, 0.15) is 5.75 Å². The maximum absolute atomic E-state index is 11.4. The Morgan fingerprint density at radius 1 is 1.41 bits per heavy atom. The van der Waals surface area contributed by atoms with Gasteiger partial charge in [0.05, 0.1) is 12.8 Å². The molecule has 1 aromatic rings. The topological polar surface area (TPSA) is 55.6 Å². The van der Waals surface area contributed by atoms with Crippen molar-refractivity contribution in [1.82, 2.24) is 4.90 Å². The number of carbonyl (C=O) groups excluding carboxylic acids is 1. The third-order valence-electron chi connectivity index (χ3n) is 2.65. The first-order valence-corrected chi connectivity index (χ1v) is 5.67. The van der Waals surface area contributed by atoms with E-state index in [2.05, 4.69) is 0 Å². The Hall–Kier alpha value is -1.71. The van der Waals surface area contributed by atoms with Gasteiger partial charge in [0.25, 0.3) is 0 Å². The zero-order valence-electron chi connectivity index (χ0n) is 10.7. The first kappa shape index (κ1) is 13.4. The molecule has 0 aromatic heterocycles. The Labute approximate surface area is 102 Å². The summed E-state index contributed by atoms with van der Waals surface area (Å²) in [7, 11) is 5.14. The van der Waals surface area contributed by atoms with Gasteiger partial charge < -0.3 is 15.4 Å². The molecule has 0 fully saturated rings. The third kappa shape index (κ3) is 3.98. The minimum atomic E-state index is 0.159. The maximum Gasteiger partial charge on any atom is 0.222 e. The van der Waals surface area contributed by atoms with Crippen LogP contribution in [0.25, 0.3) is 0 Å². The van der Waals surface area contributed by atoms with Crippen LogP contribution in [-0.4, -0.2) is 32.0 Å². The quantitative estimate of drug-likeness (QED) is 0.791. The van der Waals surface area contributed by atoms with Crippen molar-refractivity contribution in [3.8, 4) is 5.75 Å². The fraction of sp³-hybridized carbons (Fsp3) is 0.462. The van der Waals surface area contributed by atoms with E-state index in [4.69, 9.17) is 10.5 Å². The molecule has 0 saturated carbocycles. The SMILES string of the molecule is COc1ccc(CCCC(=O)N(C)C)cc1N. The van der Waals surface area contributed by atoms with Crippen molar-refractivity contribution in [3.63, 3.8) is 0 Å². The van der Waals surface area contributed by atoms with E-state index in [1.54, 1.807) is 26.1 Å². The smallest absolute Gasteiger partial charge is 0.222 e. The molecule has 0 atom stereocenters. The molecule has 2 N–H and O–H groups in total. The largest absolute Gasteiger partial charge is 0.495 e. The minimum Gasteiger partial charge on any atom is -0.495 e. The predicted octanol–water partition coefficient (Wildman–Crippen LogP) is 1.69. The van der Waals surface area contributed by atoms with Crippen molar-refractivity contribution in [2.24, 2.45) is 0 Å². The van der Waals surface area contributed by atoms with E-state index in [9.17, 15) is 4.79 Å². The Balaban J connectivity index is 2.47. The van der Waals surface area contributed by atoms with E-state index in [1.165, 1.54) is 0 Å². The van der Waals surface area contributed by atoms with Crippen molar-refractivity contribution in [1.29, 1.82) is 0 Å². The predicted molar refractivity (Wildman–Crippen MR) is 69.0 cm³/mol. The summed E-state index contributed by atoms with van der Waals surface area (Å²) < 4.78 is 5.09. The summed E-state index contributed by atoms with van der Waals surface area (Å²) in [6.07, 6.45) is 2.26. The number of nitrogen functional groups attached to an aromatic ring is 1. The lowest BCUT2D eigenvalue weighted by Gasteiger charge is -2.10. The molecule has 0 radical (unpaired) electrons. The summed E-state index contributed by atoms with van der Waals surface area (Å²) in [6, 6.07) is 5.74. The van der Waals surface area contributed by atoms with Gasteiger partial charge in [-0.15, -0.1) is 0 Å². The first-order chi connectivity index (χ1) is 8.04. The summed E-state index contributed by atoms with van der Waals surface area (Å²) in [5, 5.41) is 0. The molecule has 0 heterocycles. The molecule has 0 aliphatic rings. The summed E-state index contributed by atoms with van der Waals surface area (Å²) >= 11 is 0. The van der Waals surface area contributed by atoms with Crippen molar-refractivity contribution < 1.29 is 9.53 Å². The number of ether oxygens (including phenoxy) is 1. The van der Waals surface area contributed by atoms with Crippen molar-refractivity contribution in [2.75, 3.05) is 26.9 Å². The molecule has 17 heavy (non-hydrogen) atoms. The number of benzene rings is 1. The normalized spacial score (nSPS) is 10.1. The fourth-order valence-corrected chi connectivity index (χ4v) is 1.61. The molecule has 0 aliphatic heterocycles. The highest BCUT2D eigenvalue weighted by Crippen LogP contribution is 2.22. The van der Waals surface area contributed by atoms with Crippen LogP contribution in [0.1, 0.15) is 18.4 Å². The number of carbonyl (C=O) groups is 1. The number of nitrogens with zero attached hydrogens (tertiary/aromatic N) is 1. The molecule has 94 valence electrons. The molecular weight excluding hydrogens is 216 g/mol. The van der Waals surface area contributed by atoms with Gasteiger partial charge in [0.2, 0.25) is 5.91 Å². The standard InChI is InChI=1S/C13H20N2O2/c1-15(2)13(16)6-4-5-10-7-8-12(17-3)11(14)9-10/h7-9H,4-6,14H2,1-3H3. The fourth-order valence-electron chi connectivity index (χ4n) is 1.61. The molecule has 4 heteroatoms. The van der Waals surface area contributed by atoms with Gasteiger partial charge in [-0.2, -0.15) is 0 Å². The number of hydrogen-bond acceptors (Lipinski definition) is 3. The Morgan fingerprint density at radius 2 is 2.12 bits per heavy atom. The minimum absolute atomic E-state index is 0.159. The molecule has 0 spiro atoms. The average molecular weight is 236 g/mol. The average Bonchev–Trinajstić information content (AvgIpc) is 2.29. The van der Waals surface area contributed by atoms with Crippen LogP contribution in [0, 0.1) is 0 Å². The van der Waals surface area contributed by atoms with Gasteiger partial charge in [0.15, 0.2) is 0 Å². The van der Waals surface area contributed by atoms with Crippen LogP contribution in [-0.2, 0) is 11.2 Å². The third-order valence-corrected chi connectivity index (χ3v) is 2.65. The van der Waals surface area contributed by atoms with Gasteiger partial charge >= 0.3 is 0 Å². The van der Waals surface area contributed by atoms with Crippen molar-refractivity contribution in [2.45, 2.75) is 19.3 Å². The number of anilines is 1. The second-order valence-electron chi connectivity index (χ2n) is 4.22. The highest BCUT2D eigenvalue weighted by Gasteiger charge is 2.05. The molecule has 0 saturated heterocycles. The number of methoxy groups -OCH3 is 1. The molecule has 4 nitrogen and oxygen atoms in total. The summed E-state index contributed by atoms with van der Waals surface area (Å²) in [4.78, 5) is 13.0. The van der Waals surface area contributed by atoms with Crippen LogP contribution < -0.4 is 10.5 Å². The molecule has 1 rings (SSSR count). The number of aryl methyl sites for hydroxylation is 1. The molecule has 1 aromatic carbocycles. The van der Waals surface area contributed by atoms with Gasteiger partial charge in [-0.3, -0.25) is 4.79 Å². The Morgan fingerprint density at radius 3 is 2.65 bits per heavy atom. The molecule has 0 bridgehead atoms. The molecular formula is C13H20N2O2. The lowest BCUT2D eigenvalue weighted by Crippen LogP contribution is -2.21. The number of nitrogens with two attached hydrogens (primary N) is 1. The number of amides is 1. The van der Waals surface area contributed by atoms with Gasteiger partial charge in [-0.1, -0.05) is 6.07 Å². The first-order valence-electron chi connectivity index (χ1n) is 5.67. The van der Waals surface area contributed by atoms with Crippen LogP contribution in [0.3, 0.4) is 0 Å². The monoisotopic (exact) mass is 236 g/mol. The van der Waals surface area contributed by atoms with Crippen LogP contribution in [0.15, 0.2) is 18.2 Å². The van der Waals surface area contributed by atoms with Gasteiger partial charge in [-0.25, -0.2) is 0 Å². The second kappa shape index (κ2) is 6.13. The number of rotatable bonds is 5. The van der Waals surface area contributed by atoms with Crippen LogP contribution >= 0.6 is 0 Å². The van der Waals surface area contributed by atoms with Crippen LogP contribution in [0.5, 0.6) is 5.75 Å². The van der Waals surface area contributed by atoms with E-state index >= 15 is 0 Å². The van der Waals surface area contributed by atoms with E-state index in [0.717, 1.165) is 18.4 Å². The summed E-state index contributed by atoms with van der Waals surface area (Å²) in [6.45, 7) is 0. The lowest BCUT2D eigenvalue weighted by atomic mass is 10.1. The van der Waals surface area contributed by atoms with Gasteiger partial charge in [-0.05, 0) is 30.5 Å². The highest BCUT2D eigenvalue weighted by molar-refractivity contribution is 5.75. The lowest BCUT2D eigenvalue weighted by molar-refractivity contribution is -0.128. The van der Waals surface area contributed by atoms with E-state index < -0.39 is 0 Å². The van der Waals surface area contributed by atoms with Crippen molar-refractivity contribution >= 4 is 11.6 Å². The highest BCUT2D eigenvalue weighted by atomic mass is 16.5. The second-order valence-corrected chi connectivity index (χ2v) is 4.22. The Bertz CT molecular complexity index is 389. The maximum atomic E-state index is 11.4. The molecule has 1 amide bonds. The van der Waals surface area contributed by atoms with Gasteiger partial charge in [0, 0.05) is 20.5 Å². The molecule has 0 unspecified atom stereocenters. The summed E-state index contributed by atoms with van der Waals surface area (Å²) in [5.41, 5.74) is 7.59. The van der Waals surface area contributed by atoms with E-state index in [-0.39, 0.29) is 5.91 Å². The van der Waals surface area contributed by atoms with Crippen LogP contribution in [0.2, 0.25) is 0 Å².